The Morgan fingerprint density at radius 3 is 2.21 bits per heavy atom. The zero-order valence-electron chi connectivity index (χ0n) is 15.2. The number of hydrogen-bond acceptors (Lipinski definition) is 3. The number of carbonyl (C=O) groups excluding carboxylic acids is 2. The number of fused-ring (bicyclic) bond motifs is 1. The summed E-state index contributed by atoms with van der Waals surface area (Å²) in [6.07, 6.45) is 3.22. The van der Waals surface area contributed by atoms with Crippen LogP contribution in [0.5, 0.6) is 0 Å². The maximum Gasteiger partial charge on any atom is 0.250 e. The van der Waals surface area contributed by atoms with E-state index in [1.54, 1.807) is 30.3 Å². The Bertz CT molecular complexity index is 1050. The molecule has 0 aromatic heterocycles. The van der Waals surface area contributed by atoms with Gasteiger partial charge in [0.1, 0.15) is 0 Å². The van der Waals surface area contributed by atoms with Crippen molar-refractivity contribution >= 4 is 57.4 Å². The van der Waals surface area contributed by atoms with Crippen molar-refractivity contribution in [1.82, 2.24) is 5.32 Å². The van der Waals surface area contributed by atoms with Gasteiger partial charge in [0.2, 0.25) is 11.8 Å². The third-order valence-electron chi connectivity index (χ3n) is 3.94. The standard InChI is InChI=1S/C22H19N3O2S/c1-15(26)23-18-10-12-19(13-11-18)24-22(28)25-21(27)14-9-17-7-4-6-16-5-2-3-8-20(16)17/h2-14H,1H3,(H,23,26)(H2,24,25,27,28)/b14-9+. The van der Waals surface area contributed by atoms with Crippen LogP contribution in [-0.2, 0) is 9.59 Å². The van der Waals surface area contributed by atoms with Crippen LogP contribution >= 0.6 is 12.2 Å². The minimum Gasteiger partial charge on any atom is -0.332 e. The molecule has 3 aromatic rings. The van der Waals surface area contributed by atoms with E-state index in [0.29, 0.717) is 11.4 Å². The Balaban J connectivity index is 1.59. The summed E-state index contributed by atoms with van der Waals surface area (Å²) in [5, 5.41) is 10.6. The zero-order chi connectivity index (χ0) is 19.9. The predicted octanol–water partition coefficient (Wildman–Crippen LogP) is 4.32. The highest BCUT2D eigenvalue weighted by Gasteiger charge is 2.03. The fourth-order valence-corrected chi connectivity index (χ4v) is 2.94. The van der Waals surface area contributed by atoms with Gasteiger partial charge >= 0.3 is 0 Å². The third-order valence-corrected chi connectivity index (χ3v) is 4.14. The van der Waals surface area contributed by atoms with E-state index in [-0.39, 0.29) is 16.9 Å². The molecule has 3 aromatic carbocycles. The molecule has 0 radical (unpaired) electrons. The van der Waals surface area contributed by atoms with Gasteiger partial charge in [0.25, 0.3) is 0 Å². The molecule has 0 saturated heterocycles. The lowest BCUT2D eigenvalue weighted by atomic mass is 10.0. The van der Waals surface area contributed by atoms with Crippen LogP contribution in [0.2, 0.25) is 0 Å². The summed E-state index contributed by atoms with van der Waals surface area (Å²) in [5.74, 6) is -0.457. The van der Waals surface area contributed by atoms with E-state index in [0.717, 1.165) is 16.3 Å². The minimum absolute atomic E-state index is 0.138. The highest BCUT2D eigenvalue weighted by molar-refractivity contribution is 7.80. The van der Waals surface area contributed by atoms with Gasteiger partial charge in [0.05, 0.1) is 0 Å². The largest absolute Gasteiger partial charge is 0.332 e. The van der Waals surface area contributed by atoms with Crippen molar-refractivity contribution in [2.75, 3.05) is 10.6 Å². The van der Waals surface area contributed by atoms with E-state index < -0.39 is 0 Å². The van der Waals surface area contributed by atoms with Crippen molar-refractivity contribution in [3.8, 4) is 0 Å². The van der Waals surface area contributed by atoms with Gasteiger partial charge in [-0.05, 0) is 58.9 Å². The molecule has 28 heavy (non-hydrogen) atoms. The van der Waals surface area contributed by atoms with Crippen molar-refractivity contribution in [3.05, 3.63) is 78.4 Å². The molecule has 5 nitrogen and oxygen atoms in total. The van der Waals surface area contributed by atoms with E-state index >= 15 is 0 Å². The van der Waals surface area contributed by atoms with Gasteiger partial charge in [-0.25, -0.2) is 0 Å². The Morgan fingerprint density at radius 1 is 0.857 bits per heavy atom. The molecule has 0 aliphatic rings. The summed E-state index contributed by atoms with van der Waals surface area (Å²) < 4.78 is 0. The lowest BCUT2D eigenvalue weighted by molar-refractivity contribution is -0.115. The van der Waals surface area contributed by atoms with E-state index in [4.69, 9.17) is 12.2 Å². The predicted molar refractivity (Wildman–Crippen MR) is 118 cm³/mol. The first kappa shape index (κ1) is 19.3. The van der Waals surface area contributed by atoms with Crippen LogP contribution in [0.3, 0.4) is 0 Å². The molecule has 3 N–H and O–H groups in total. The van der Waals surface area contributed by atoms with Crippen LogP contribution < -0.4 is 16.0 Å². The second-order valence-corrected chi connectivity index (χ2v) is 6.51. The molecule has 0 aliphatic carbocycles. The highest BCUT2D eigenvalue weighted by atomic mass is 32.1. The van der Waals surface area contributed by atoms with E-state index in [1.165, 1.54) is 13.0 Å². The summed E-state index contributed by atoms with van der Waals surface area (Å²) in [6, 6.07) is 21.0. The van der Waals surface area contributed by atoms with Gasteiger partial charge in [-0.1, -0.05) is 42.5 Å². The number of amides is 2. The molecular weight excluding hydrogens is 370 g/mol. The van der Waals surface area contributed by atoms with Crippen LogP contribution in [0.15, 0.2) is 72.8 Å². The van der Waals surface area contributed by atoms with Crippen LogP contribution in [-0.4, -0.2) is 16.9 Å². The lowest BCUT2D eigenvalue weighted by Gasteiger charge is -2.09. The second-order valence-electron chi connectivity index (χ2n) is 6.10. The maximum absolute atomic E-state index is 12.2. The average molecular weight is 389 g/mol. The minimum atomic E-state index is -0.319. The number of hydrogen-bond donors (Lipinski definition) is 3. The molecule has 3 rings (SSSR count). The normalized spacial score (nSPS) is 10.6. The Hall–Kier alpha value is -3.51. The zero-order valence-corrected chi connectivity index (χ0v) is 16.0. The number of thiocarbonyl (C=S) groups is 1. The molecule has 0 spiro atoms. The van der Waals surface area contributed by atoms with E-state index in [2.05, 4.69) is 16.0 Å². The van der Waals surface area contributed by atoms with E-state index in [9.17, 15) is 9.59 Å². The van der Waals surface area contributed by atoms with Gasteiger partial charge in [-0.2, -0.15) is 0 Å². The van der Waals surface area contributed by atoms with Gasteiger partial charge in [0.15, 0.2) is 5.11 Å². The smallest absolute Gasteiger partial charge is 0.250 e. The average Bonchev–Trinajstić information content (AvgIpc) is 2.67. The van der Waals surface area contributed by atoms with Gasteiger partial charge < -0.3 is 10.6 Å². The molecule has 0 heterocycles. The van der Waals surface area contributed by atoms with E-state index in [1.807, 2.05) is 42.5 Å². The maximum atomic E-state index is 12.2. The van der Waals surface area contributed by atoms with Crippen LogP contribution in [0, 0.1) is 0 Å². The first-order valence-corrected chi connectivity index (χ1v) is 9.07. The number of benzene rings is 3. The number of rotatable bonds is 4. The molecule has 0 saturated carbocycles. The molecule has 2 amide bonds. The van der Waals surface area contributed by atoms with Crippen molar-refractivity contribution in [1.29, 1.82) is 0 Å². The SMILES string of the molecule is CC(=O)Nc1ccc(NC(=S)NC(=O)/C=C/c2cccc3ccccc23)cc1. The topological polar surface area (TPSA) is 70.2 Å². The lowest BCUT2D eigenvalue weighted by Crippen LogP contribution is -2.32. The summed E-state index contributed by atoms with van der Waals surface area (Å²) in [5.41, 5.74) is 2.35. The van der Waals surface area contributed by atoms with Crippen LogP contribution in [0.4, 0.5) is 11.4 Å². The Labute approximate surface area is 168 Å². The summed E-state index contributed by atoms with van der Waals surface area (Å²) in [6.45, 7) is 1.45. The Kier molecular flexibility index (Phi) is 6.14. The first-order chi connectivity index (χ1) is 13.5. The number of carbonyl (C=O) groups is 2. The van der Waals surface area contributed by atoms with Crippen molar-refractivity contribution in [2.45, 2.75) is 6.92 Å². The van der Waals surface area contributed by atoms with Crippen LogP contribution in [0.25, 0.3) is 16.8 Å². The monoisotopic (exact) mass is 389 g/mol. The van der Waals surface area contributed by atoms with Crippen molar-refractivity contribution < 1.29 is 9.59 Å². The molecular formula is C22H19N3O2S. The van der Waals surface area contributed by atoms with Crippen molar-refractivity contribution in [3.63, 3.8) is 0 Å². The summed E-state index contributed by atoms with van der Waals surface area (Å²) >= 11 is 5.18. The van der Waals surface area contributed by atoms with Gasteiger partial charge in [-0.3, -0.25) is 14.9 Å². The fourth-order valence-electron chi connectivity index (χ4n) is 2.72. The molecule has 0 atom stereocenters. The van der Waals surface area contributed by atoms with Crippen molar-refractivity contribution in [2.24, 2.45) is 0 Å². The molecule has 0 unspecified atom stereocenters. The summed E-state index contributed by atoms with van der Waals surface area (Å²) in [7, 11) is 0. The molecule has 140 valence electrons. The quantitative estimate of drug-likeness (QED) is 0.459. The number of anilines is 2. The fraction of sp³-hybridized carbons (Fsp3) is 0.0455. The third kappa shape index (κ3) is 5.25. The van der Waals surface area contributed by atoms with Crippen LogP contribution in [0.1, 0.15) is 12.5 Å². The first-order valence-electron chi connectivity index (χ1n) is 8.67. The summed E-state index contributed by atoms with van der Waals surface area (Å²) in [4.78, 5) is 23.2. The Morgan fingerprint density at radius 2 is 1.50 bits per heavy atom. The van der Waals surface area contributed by atoms with Gasteiger partial charge in [0, 0.05) is 24.4 Å². The molecule has 0 aliphatic heterocycles. The molecule has 0 bridgehead atoms. The molecule has 6 heteroatoms. The van der Waals surface area contributed by atoms with Gasteiger partial charge in [-0.15, -0.1) is 0 Å². The second kappa shape index (κ2) is 8.92. The number of nitrogens with one attached hydrogen (secondary N) is 3. The highest BCUT2D eigenvalue weighted by Crippen LogP contribution is 2.19. The molecule has 0 fully saturated rings.